The van der Waals surface area contributed by atoms with E-state index in [1.54, 1.807) is 0 Å². The van der Waals surface area contributed by atoms with E-state index in [0.29, 0.717) is 11.5 Å². The van der Waals surface area contributed by atoms with E-state index in [2.05, 4.69) is 16.6 Å². The van der Waals surface area contributed by atoms with E-state index in [4.69, 9.17) is 20.6 Å². The first-order valence-corrected chi connectivity index (χ1v) is 9.44. The Morgan fingerprint density at radius 1 is 1.10 bits per heavy atom. The van der Waals surface area contributed by atoms with Crippen molar-refractivity contribution < 1.29 is 28.6 Å². The van der Waals surface area contributed by atoms with Crippen LogP contribution in [0.5, 0.6) is 11.5 Å². The summed E-state index contributed by atoms with van der Waals surface area (Å²) >= 11 is 0. The molecule has 0 aromatic heterocycles. The highest BCUT2D eigenvalue weighted by Crippen LogP contribution is 2.34. The van der Waals surface area contributed by atoms with E-state index in [1.807, 2.05) is 0 Å². The molecule has 8 nitrogen and oxygen atoms in total. The smallest absolute Gasteiger partial charge is 0.340 e. The normalized spacial score (nSPS) is 13.7. The number of hydrogen-bond acceptors (Lipinski definition) is 6. The standard InChI is InChI=1S/C21H26N2O6/c1-4-10-22-19(24)13-29-21(26)15-11-17(27-2)18(28-3)12-16(15)23-20(25)14-8-6-5-7-9-14/h1,11-12,14H,5-10,13H2,2-3H3,(H,22,24)(H,23,25). The molecule has 1 aromatic rings. The van der Waals surface area contributed by atoms with Crippen LogP contribution in [0.25, 0.3) is 0 Å². The number of anilines is 1. The molecule has 1 fully saturated rings. The monoisotopic (exact) mass is 402 g/mol. The van der Waals surface area contributed by atoms with Crippen LogP contribution in [0.4, 0.5) is 5.69 Å². The first-order valence-electron chi connectivity index (χ1n) is 9.44. The Hall–Kier alpha value is -3.21. The van der Waals surface area contributed by atoms with Gasteiger partial charge in [0.05, 0.1) is 32.0 Å². The molecule has 8 heteroatoms. The molecule has 0 saturated heterocycles. The first-order chi connectivity index (χ1) is 14.0. The average Bonchev–Trinajstić information content (AvgIpc) is 2.76. The molecule has 2 amide bonds. The minimum absolute atomic E-state index is 0.0371. The fourth-order valence-electron chi connectivity index (χ4n) is 3.16. The third-order valence-corrected chi connectivity index (χ3v) is 4.70. The Bertz CT molecular complexity index is 793. The van der Waals surface area contributed by atoms with Gasteiger partial charge in [-0.05, 0) is 12.8 Å². The Balaban J connectivity index is 2.21. The predicted molar refractivity (Wildman–Crippen MR) is 107 cm³/mol. The van der Waals surface area contributed by atoms with Gasteiger partial charge in [-0.25, -0.2) is 4.79 Å². The van der Waals surface area contributed by atoms with Gasteiger partial charge in [0.25, 0.3) is 5.91 Å². The van der Waals surface area contributed by atoms with Gasteiger partial charge in [0.2, 0.25) is 5.91 Å². The molecular weight excluding hydrogens is 376 g/mol. The predicted octanol–water partition coefficient (Wildman–Crippen LogP) is 2.13. The zero-order valence-electron chi connectivity index (χ0n) is 16.7. The number of amides is 2. The molecule has 2 rings (SSSR count). The second-order valence-electron chi connectivity index (χ2n) is 6.63. The summed E-state index contributed by atoms with van der Waals surface area (Å²) in [7, 11) is 2.89. The van der Waals surface area contributed by atoms with Gasteiger partial charge in [-0.15, -0.1) is 6.42 Å². The summed E-state index contributed by atoms with van der Waals surface area (Å²) in [6.45, 7) is -0.458. The van der Waals surface area contributed by atoms with Crippen molar-refractivity contribution in [2.24, 2.45) is 5.92 Å². The van der Waals surface area contributed by atoms with Crippen LogP contribution >= 0.6 is 0 Å². The van der Waals surface area contributed by atoms with Crippen molar-refractivity contribution in [1.82, 2.24) is 5.32 Å². The summed E-state index contributed by atoms with van der Waals surface area (Å²) in [4.78, 5) is 36.9. The van der Waals surface area contributed by atoms with Crippen LogP contribution < -0.4 is 20.1 Å². The van der Waals surface area contributed by atoms with Crippen LogP contribution in [-0.4, -0.2) is 45.2 Å². The summed E-state index contributed by atoms with van der Waals surface area (Å²) in [5, 5.41) is 5.21. The second-order valence-corrected chi connectivity index (χ2v) is 6.63. The summed E-state index contributed by atoms with van der Waals surface area (Å²) in [6.07, 6.45) is 9.84. The van der Waals surface area contributed by atoms with E-state index in [1.165, 1.54) is 26.4 Å². The van der Waals surface area contributed by atoms with E-state index in [0.717, 1.165) is 32.1 Å². The highest BCUT2D eigenvalue weighted by Gasteiger charge is 2.25. The molecule has 0 unspecified atom stereocenters. The van der Waals surface area contributed by atoms with Crippen LogP contribution in [0.3, 0.4) is 0 Å². The summed E-state index contributed by atoms with van der Waals surface area (Å²) in [6, 6.07) is 2.92. The van der Waals surface area contributed by atoms with E-state index in [9.17, 15) is 14.4 Å². The van der Waals surface area contributed by atoms with Gasteiger partial charge in [-0.1, -0.05) is 25.2 Å². The molecule has 0 aliphatic heterocycles. The molecule has 0 atom stereocenters. The van der Waals surface area contributed by atoms with Crippen molar-refractivity contribution in [3.05, 3.63) is 17.7 Å². The molecule has 2 N–H and O–H groups in total. The molecular formula is C21H26N2O6. The number of rotatable bonds is 8. The Morgan fingerprint density at radius 3 is 2.38 bits per heavy atom. The number of carbonyl (C=O) groups excluding carboxylic acids is 3. The second kappa shape index (κ2) is 11.0. The Labute approximate surface area is 170 Å². The fraction of sp³-hybridized carbons (Fsp3) is 0.476. The number of hydrogen-bond donors (Lipinski definition) is 2. The third-order valence-electron chi connectivity index (χ3n) is 4.70. The molecule has 1 saturated carbocycles. The molecule has 156 valence electrons. The molecule has 1 aliphatic rings. The zero-order chi connectivity index (χ0) is 21.2. The number of esters is 1. The number of methoxy groups -OCH3 is 2. The number of carbonyl (C=O) groups is 3. The van der Waals surface area contributed by atoms with E-state index < -0.39 is 18.5 Å². The largest absolute Gasteiger partial charge is 0.493 e. The third kappa shape index (κ3) is 6.14. The average molecular weight is 402 g/mol. The minimum atomic E-state index is -0.777. The summed E-state index contributed by atoms with van der Waals surface area (Å²) < 4.78 is 15.6. The SMILES string of the molecule is C#CCNC(=O)COC(=O)c1cc(OC)c(OC)cc1NC(=O)C1CCCCC1. The minimum Gasteiger partial charge on any atom is -0.493 e. The van der Waals surface area contributed by atoms with Gasteiger partial charge in [-0.2, -0.15) is 0 Å². The molecule has 1 aromatic carbocycles. The lowest BCUT2D eigenvalue weighted by Gasteiger charge is -2.22. The van der Waals surface area contributed by atoms with Crippen LogP contribution in [0.15, 0.2) is 12.1 Å². The Morgan fingerprint density at radius 2 is 1.76 bits per heavy atom. The van der Waals surface area contributed by atoms with Gasteiger partial charge in [0.1, 0.15) is 0 Å². The Kier molecular flexibility index (Phi) is 8.34. The number of ether oxygens (including phenoxy) is 3. The van der Waals surface area contributed by atoms with Crippen molar-refractivity contribution in [1.29, 1.82) is 0 Å². The molecule has 0 radical (unpaired) electrons. The summed E-state index contributed by atoms with van der Waals surface area (Å²) in [5.41, 5.74) is 0.309. The molecule has 0 heterocycles. The maximum absolute atomic E-state index is 12.7. The summed E-state index contributed by atoms with van der Waals surface area (Å²) in [5.74, 6) is 1.35. The van der Waals surface area contributed by atoms with Crippen LogP contribution in [0, 0.1) is 18.3 Å². The maximum Gasteiger partial charge on any atom is 0.340 e. The van der Waals surface area contributed by atoms with Crippen molar-refractivity contribution in [3.63, 3.8) is 0 Å². The highest BCUT2D eigenvalue weighted by atomic mass is 16.5. The van der Waals surface area contributed by atoms with Crippen LogP contribution in [-0.2, 0) is 14.3 Å². The fourth-order valence-corrected chi connectivity index (χ4v) is 3.16. The number of benzene rings is 1. The topological polar surface area (TPSA) is 103 Å². The van der Waals surface area contributed by atoms with E-state index >= 15 is 0 Å². The lowest BCUT2D eigenvalue weighted by atomic mass is 9.88. The molecule has 1 aliphatic carbocycles. The lowest BCUT2D eigenvalue weighted by Crippen LogP contribution is -2.29. The molecule has 0 bridgehead atoms. The lowest BCUT2D eigenvalue weighted by molar-refractivity contribution is -0.124. The zero-order valence-corrected chi connectivity index (χ0v) is 16.7. The quantitative estimate of drug-likeness (QED) is 0.510. The van der Waals surface area contributed by atoms with Crippen molar-refractivity contribution >= 4 is 23.5 Å². The van der Waals surface area contributed by atoms with Crippen LogP contribution in [0.1, 0.15) is 42.5 Å². The molecule has 0 spiro atoms. The molecule has 29 heavy (non-hydrogen) atoms. The van der Waals surface area contributed by atoms with Crippen molar-refractivity contribution in [2.45, 2.75) is 32.1 Å². The highest BCUT2D eigenvalue weighted by molar-refractivity contribution is 6.03. The van der Waals surface area contributed by atoms with Crippen molar-refractivity contribution in [2.75, 3.05) is 32.7 Å². The van der Waals surface area contributed by atoms with Gasteiger partial charge in [-0.3, -0.25) is 9.59 Å². The van der Waals surface area contributed by atoms with E-state index in [-0.39, 0.29) is 29.6 Å². The van der Waals surface area contributed by atoms with Crippen LogP contribution in [0.2, 0.25) is 0 Å². The van der Waals surface area contributed by atoms with Gasteiger partial charge < -0.3 is 24.8 Å². The van der Waals surface area contributed by atoms with Gasteiger partial charge in [0, 0.05) is 18.1 Å². The first kappa shape index (κ1) is 22.1. The van der Waals surface area contributed by atoms with Gasteiger partial charge >= 0.3 is 5.97 Å². The van der Waals surface area contributed by atoms with Crippen molar-refractivity contribution in [3.8, 4) is 23.8 Å². The maximum atomic E-state index is 12.7. The number of nitrogens with one attached hydrogen (secondary N) is 2. The number of terminal acetylenes is 1. The van der Waals surface area contributed by atoms with Gasteiger partial charge in [0.15, 0.2) is 18.1 Å².